The number of aryl methyl sites for hydroxylation is 2. The SMILES string of the molecule is FC(F)(F)c1cccc(CCc2ccc(CNc3cccc(C(F)(F)F)c3)cc2)c1. The molecule has 0 bridgehead atoms. The highest BCUT2D eigenvalue weighted by atomic mass is 19.4. The number of halogens is 6. The zero-order valence-electron chi connectivity index (χ0n) is 15.8. The van der Waals surface area contributed by atoms with Gasteiger partial charge in [0.25, 0.3) is 0 Å². The van der Waals surface area contributed by atoms with Crippen molar-refractivity contribution in [3.05, 3.63) is 101 Å². The highest BCUT2D eigenvalue weighted by molar-refractivity contribution is 5.47. The first-order valence-corrected chi connectivity index (χ1v) is 9.26. The molecular formula is C23H19F6N. The maximum absolute atomic E-state index is 12.8. The van der Waals surface area contributed by atoms with E-state index in [1.165, 1.54) is 12.1 Å². The summed E-state index contributed by atoms with van der Waals surface area (Å²) < 4.78 is 76.7. The normalized spacial score (nSPS) is 12.1. The number of hydrogen-bond donors (Lipinski definition) is 1. The molecule has 158 valence electrons. The molecule has 1 nitrogen and oxygen atoms in total. The minimum Gasteiger partial charge on any atom is -0.381 e. The van der Waals surface area contributed by atoms with E-state index in [2.05, 4.69) is 5.32 Å². The standard InChI is InChI=1S/C23H19F6N/c24-22(25,26)19-4-1-3-17(13-19)10-7-16-8-11-18(12-9-16)15-30-21-6-2-5-20(14-21)23(27,28)29/h1-6,8-9,11-14,30H,7,10,15H2. The van der Waals surface area contributed by atoms with Crippen molar-refractivity contribution in [2.24, 2.45) is 0 Å². The summed E-state index contributed by atoms with van der Waals surface area (Å²) in [6.07, 6.45) is -7.68. The van der Waals surface area contributed by atoms with Crippen molar-refractivity contribution in [3.8, 4) is 0 Å². The maximum atomic E-state index is 12.8. The Kier molecular flexibility index (Phi) is 6.39. The molecule has 3 aromatic carbocycles. The predicted molar refractivity (Wildman–Crippen MR) is 104 cm³/mol. The van der Waals surface area contributed by atoms with Crippen LogP contribution in [0.2, 0.25) is 0 Å². The molecule has 0 saturated carbocycles. The minimum absolute atomic E-state index is 0.356. The van der Waals surface area contributed by atoms with Crippen LogP contribution >= 0.6 is 0 Å². The van der Waals surface area contributed by atoms with Crippen LogP contribution < -0.4 is 5.32 Å². The Morgan fingerprint density at radius 2 is 1.10 bits per heavy atom. The quantitative estimate of drug-likeness (QED) is 0.416. The number of anilines is 1. The van der Waals surface area contributed by atoms with Crippen LogP contribution in [0.5, 0.6) is 0 Å². The van der Waals surface area contributed by atoms with Crippen molar-refractivity contribution < 1.29 is 26.3 Å². The zero-order chi connectivity index (χ0) is 21.8. The molecule has 7 heteroatoms. The van der Waals surface area contributed by atoms with Crippen LogP contribution in [0.25, 0.3) is 0 Å². The van der Waals surface area contributed by atoms with Gasteiger partial charge in [-0.25, -0.2) is 0 Å². The maximum Gasteiger partial charge on any atom is 0.416 e. The number of hydrogen-bond acceptors (Lipinski definition) is 1. The lowest BCUT2D eigenvalue weighted by Gasteiger charge is -2.11. The lowest BCUT2D eigenvalue weighted by Crippen LogP contribution is -2.06. The lowest BCUT2D eigenvalue weighted by molar-refractivity contribution is -0.138. The predicted octanol–water partition coefficient (Wildman–Crippen LogP) is 7.12. The molecule has 0 saturated heterocycles. The van der Waals surface area contributed by atoms with Gasteiger partial charge in [-0.3, -0.25) is 0 Å². The van der Waals surface area contributed by atoms with E-state index in [0.29, 0.717) is 30.6 Å². The number of benzene rings is 3. The molecule has 0 spiro atoms. The molecule has 3 rings (SSSR count). The van der Waals surface area contributed by atoms with E-state index >= 15 is 0 Å². The fraction of sp³-hybridized carbons (Fsp3) is 0.217. The van der Waals surface area contributed by atoms with Crippen molar-refractivity contribution >= 4 is 5.69 Å². The molecule has 1 N–H and O–H groups in total. The molecule has 0 heterocycles. The van der Waals surface area contributed by atoms with Gasteiger partial charge in [0.2, 0.25) is 0 Å². The summed E-state index contributed by atoms with van der Waals surface area (Å²) in [5, 5.41) is 2.96. The number of nitrogens with one attached hydrogen (secondary N) is 1. The highest BCUT2D eigenvalue weighted by Crippen LogP contribution is 2.31. The van der Waals surface area contributed by atoms with Crippen LogP contribution in [-0.2, 0) is 31.7 Å². The topological polar surface area (TPSA) is 12.0 Å². The Labute approximate surface area is 170 Å². The van der Waals surface area contributed by atoms with Crippen molar-refractivity contribution in [1.82, 2.24) is 0 Å². The lowest BCUT2D eigenvalue weighted by atomic mass is 10.0. The summed E-state index contributed by atoms with van der Waals surface area (Å²) >= 11 is 0. The van der Waals surface area contributed by atoms with Gasteiger partial charge in [0.1, 0.15) is 0 Å². The number of alkyl halides is 6. The summed E-state index contributed by atoms with van der Waals surface area (Å²) in [5.74, 6) is 0. The first kappa shape index (κ1) is 21.7. The monoisotopic (exact) mass is 423 g/mol. The minimum atomic E-state index is -4.39. The number of rotatable bonds is 6. The van der Waals surface area contributed by atoms with Crippen molar-refractivity contribution in [1.29, 1.82) is 0 Å². The smallest absolute Gasteiger partial charge is 0.381 e. The van der Waals surface area contributed by atoms with Gasteiger partial charge in [0, 0.05) is 12.2 Å². The third-order valence-electron chi connectivity index (χ3n) is 4.67. The average Bonchev–Trinajstić information content (AvgIpc) is 2.71. The molecule has 0 unspecified atom stereocenters. The Balaban J connectivity index is 1.56. The zero-order valence-corrected chi connectivity index (χ0v) is 15.8. The first-order chi connectivity index (χ1) is 14.1. The highest BCUT2D eigenvalue weighted by Gasteiger charge is 2.31. The van der Waals surface area contributed by atoms with Crippen molar-refractivity contribution in [2.75, 3.05) is 5.32 Å². The molecule has 0 aliphatic carbocycles. The molecule has 0 aliphatic rings. The second kappa shape index (κ2) is 8.81. The van der Waals surface area contributed by atoms with Crippen LogP contribution in [0.4, 0.5) is 32.0 Å². The van der Waals surface area contributed by atoms with E-state index in [1.54, 1.807) is 12.1 Å². The third-order valence-corrected chi connectivity index (χ3v) is 4.67. The van der Waals surface area contributed by atoms with Crippen LogP contribution in [0.3, 0.4) is 0 Å². The fourth-order valence-electron chi connectivity index (χ4n) is 3.03. The summed E-state index contributed by atoms with van der Waals surface area (Å²) in [5.41, 5.74) is 1.47. The third kappa shape index (κ3) is 6.02. The van der Waals surface area contributed by atoms with Crippen LogP contribution in [0.1, 0.15) is 27.8 Å². The fourth-order valence-corrected chi connectivity index (χ4v) is 3.03. The summed E-state index contributed by atoms with van der Waals surface area (Å²) in [4.78, 5) is 0. The molecular weight excluding hydrogens is 404 g/mol. The molecule has 0 aromatic heterocycles. The molecule has 3 aromatic rings. The molecule has 0 aliphatic heterocycles. The molecule has 0 atom stereocenters. The summed E-state index contributed by atoms with van der Waals surface area (Å²) in [7, 11) is 0. The van der Waals surface area contributed by atoms with E-state index in [4.69, 9.17) is 0 Å². The second-order valence-electron chi connectivity index (χ2n) is 6.95. The van der Waals surface area contributed by atoms with E-state index in [9.17, 15) is 26.3 Å². The summed E-state index contributed by atoms with van der Waals surface area (Å²) in [6.45, 7) is 0.356. The molecule has 0 radical (unpaired) electrons. The van der Waals surface area contributed by atoms with E-state index in [0.717, 1.165) is 35.4 Å². The van der Waals surface area contributed by atoms with Gasteiger partial charge in [-0.05, 0) is 53.8 Å². The molecule has 30 heavy (non-hydrogen) atoms. The second-order valence-corrected chi connectivity index (χ2v) is 6.95. The Morgan fingerprint density at radius 1 is 0.567 bits per heavy atom. The van der Waals surface area contributed by atoms with Gasteiger partial charge in [-0.2, -0.15) is 26.3 Å². The van der Waals surface area contributed by atoms with Gasteiger partial charge >= 0.3 is 12.4 Å². The van der Waals surface area contributed by atoms with Gasteiger partial charge in [-0.1, -0.05) is 48.5 Å². The first-order valence-electron chi connectivity index (χ1n) is 9.26. The van der Waals surface area contributed by atoms with Crippen molar-refractivity contribution in [3.63, 3.8) is 0 Å². The van der Waals surface area contributed by atoms with Gasteiger partial charge in [0.15, 0.2) is 0 Å². The summed E-state index contributed by atoms with van der Waals surface area (Å²) in [6, 6.07) is 17.7. The molecule has 0 amide bonds. The van der Waals surface area contributed by atoms with Crippen LogP contribution in [0, 0.1) is 0 Å². The Morgan fingerprint density at radius 3 is 1.73 bits per heavy atom. The van der Waals surface area contributed by atoms with Crippen LogP contribution in [0.15, 0.2) is 72.8 Å². The van der Waals surface area contributed by atoms with E-state index < -0.39 is 23.5 Å². The molecule has 0 fully saturated rings. The van der Waals surface area contributed by atoms with E-state index in [1.807, 2.05) is 24.3 Å². The average molecular weight is 423 g/mol. The Hall–Kier alpha value is -2.96. The van der Waals surface area contributed by atoms with Gasteiger partial charge in [0.05, 0.1) is 11.1 Å². The van der Waals surface area contributed by atoms with Gasteiger partial charge < -0.3 is 5.32 Å². The van der Waals surface area contributed by atoms with Crippen LogP contribution in [-0.4, -0.2) is 0 Å². The van der Waals surface area contributed by atoms with Gasteiger partial charge in [-0.15, -0.1) is 0 Å². The van der Waals surface area contributed by atoms with E-state index in [-0.39, 0.29) is 0 Å². The van der Waals surface area contributed by atoms with Crippen molar-refractivity contribution in [2.45, 2.75) is 31.7 Å². The Bertz CT molecular complexity index is 893. The largest absolute Gasteiger partial charge is 0.416 e.